The van der Waals surface area contributed by atoms with E-state index in [1.165, 1.54) is 0 Å². The van der Waals surface area contributed by atoms with Crippen LogP contribution in [0.4, 0.5) is 11.6 Å². The maximum absolute atomic E-state index is 5.81. The van der Waals surface area contributed by atoms with E-state index in [4.69, 9.17) is 5.73 Å². The van der Waals surface area contributed by atoms with Crippen LogP contribution in [-0.4, -0.2) is 31.1 Å². The number of aryl methyl sites for hydroxylation is 1. The minimum atomic E-state index is 0.431. The smallest absolute Gasteiger partial charge is 0.156 e. The highest BCUT2D eigenvalue weighted by atomic mass is 15.3. The van der Waals surface area contributed by atoms with E-state index in [0.717, 1.165) is 23.7 Å². The van der Waals surface area contributed by atoms with Crippen molar-refractivity contribution in [1.29, 1.82) is 0 Å². The molecule has 0 radical (unpaired) electrons. The summed E-state index contributed by atoms with van der Waals surface area (Å²) < 4.78 is 1.75. The Morgan fingerprint density at radius 1 is 1.30 bits per heavy atom. The molecule has 3 rings (SSSR count). The number of nitrogens with two attached hydrogens (primary N) is 1. The zero-order valence-corrected chi connectivity index (χ0v) is 11.3. The van der Waals surface area contributed by atoms with Crippen molar-refractivity contribution in [3.05, 3.63) is 30.2 Å². The topological polar surface area (TPSA) is 94.0 Å². The predicted octanol–water partition coefficient (Wildman–Crippen LogP) is 1.51. The van der Waals surface area contributed by atoms with Crippen molar-refractivity contribution in [2.45, 2.75) is 13.8 Å². The fourth-order valence-electron chi connectivity index (χ4n) is 2.12. The van der Waals surface area contributed by atoms with Gasteiger partial charge in [-0.3, -0.25) is 0 Å². The lowest BCUT2D eigenvalue weighted by molar-refractivity contribution is 0.932. The Balaban J connectivity index is 2.29. The van der Waals surface area contributed by atoms with Crippen LogP contribution in [0.1, 0.15) is 12.7 Å². The van der Waals surface area contributed by atoms with Gasteiger partial charge in [0.15, 0.2) is 11.5 Å². The van der Waals surface area contributed by atoms with Gasteiger partial charge in [0.05, 0.1) is 5.69 Å². The molecule has 0 aliphatic carbocycles. The molecule has 7 heteroatoms. The van der Waals surface area contributed by atoms with Gasteiger partial charge in [-0.2, -0.15) is 5.10 Å². The van der Waals surface area contributed by atoms with Crippen molar-refractivity contribution >= 4 is 17.3 Å². The fraction of sp³-hybridized carbons (Fsp3) is 0.231. The van der Waals surface area contributed by atoms with Crippen LogP contribution in [0.3, 0.4) is 0 Å². The Bertz CT molecular complexity index is 742. The first kappa shape index (κ1) is 12.3. The highest BCUT2D eigenvalue weighted by Crippen LogP contribution is 2.27. The van der Waals surface area contributed by atoms with E-state index >= 15 is 0 Å². The number of nitrogens with one attached hydrogen (secondary N) is 1. The number of anilines is 2. The summed E-state index contributed by atoms with van der Waals surface area (Å²) in [5.74, 6) is 1.79. The Kier molecular flexibility index (Phi) is 2.94. The van der Waals surface area contributed by atoms with Gasteiger partial charge in [-0.25, -0.2) is 19.5 Å². The van der Waals surface area contributed by atoms with E-state index < -0.39 is 0 Å². The van der Waals surface area contributed by atoms with Gasteiger partial charge in [0, 0.05) is 18.8 Å². The van der Waals surface area contributed by atoms with Crippen LogP contribution >= 0.6 is 0 Å². The molecule has 0 atom stereocenters. The molecule has 7 nitrogen and oxygen atoms in total. The highest BCUT2D eigenvalue weighted by Gasteiger charge is 2.16. The number of hydrogen-bond donors (Lipinski definition) is 2. The lowest BCUT2D eigenvalue weighted by Crippen LogP contribution is -2.03. The van der Waals surface area contributed by atoms with E-state index in [1.54, 1.807) is 16.8 Å². The maximum atomic E-state index is 5.81. The second-order valence-corrected chi connectivity index (χ2v) is 4.36. The van der Waals surface area contributed by atoms with Gasteiger partial charge < -0.3 is 11.1 Å². The van der Waals surface area contributed by atoms with Crippen LogP contribution in [-0.2, 0) is 0 Å². The van der Waals surface area contributed by atoms with Gasteiger partial charge >= 0.3 is 0 Å². The SMILES string of the molecule is CCNc1nc2cccnn2c1-c1cc(N)nc(C)n1. The molecule has 0 saturated carbocycles. The highest BCUT2D eigenvalue weighted by molar-refractivity contribution is 5.74. The average molecular weight is 269 g/mol. The number of rotatable bonds is 3. The Morgan fingerprint density at radius 3 is 2.90 bits per heavy atom. The van der Waals surface area contributed by atoms with Crippen LogP contribution in [0.5, 0.6) is 0 Å². The third-order valence-corrected chi connectivity index (χ3v) is 2.84. The normalized spacial score (nSPS) is 10.9. The van der Waals surface area contributed by atoms with E-state index in [2.05, 4.69) is 25.4 Å². The molecule has 3 heterocycles. The van der Waals surface area contributed by atoms with Gasteiger partial charge in [0.1, 0.15) is 17.3 Å². The molecule has 0 bridgehead atoms. The van der Waals surface area contributed by atoms with Crippen LogP contribution in [0, 0.1) is 6.92 Å². The average Bonchev–Trinajstić information content (AvgIpc) is 2.76. The van der Waals surface area contributed by atoms with Gasteiger partial charge in [-0.15, -0.1) is 0 Å². The molecular formula is C13H15N7. The standard InChI is InChI=1S/C13H15N7/c1-3-15-13-12(9-7-10(14)18-8(2)17-9)20-11(19-13)5-4-6-16-20/h4-7,15H,3H2,1-2H3,(H2,14,17,18). The lowest BCUT2D eigenvalue weighted by Gasteiger charge is -2.06. The first-order valence-corrected chi connectivity index (χ1v) is 6.38. The second-order valence-electron chi connectivity index (χ2n) is 4.36. The summed E-state index contributed by atoms with van der Waals surface area (Å²) in [7, 11) is 0. The summed E-state index contributed by atoms with van der Waals surface area (Å²) >= 11 is 0. The summed E-state index contributed by atoms with van der Waals surface area (Å²) in [6, 6.07) is 5.47. The molecule has 0 aliphatic rings. The molecule has 3 N–H and O–H groups in total. The van der Waals surface area contributed by atoms with E-state index in [0.29, 0.717) is 17.3 Å². The van der Waals surface area contributed by atoms with E-state index in [1.807, 2.05) is 26.0 Å². The van der Waals surface area contributed by atoms with Gasteiger partial charge in [-0.1, -0.05) is 0 Å². The van der Waals surface area contributed by atoms with Gasteiger partial charge in [0.2, 0.25) is 0 Å². The van der Waals surface area contributed by atoms with Gasteiger partial charge in [0.25, 0.3) is 0 Å². The molecule has 20 heavy (non-hydrogen) atoms. The monoisotopic (exact) mass is 269 g/mol. The molecule has 0 unspecified atom stereocenters. The molecular weight excluding hydrogens is 254 g/mol. The number of fused-ring (bicyclic) bond motifs is 1. The second kappa shape index (κ2) is 4.76. The lowest BCUT2D eigenvalue weighted by atomic mass is 10.3. The van der Waals surface area contributed by atoms with Crippen molar-refractivity contribution < 1.29 is 0 Å². The Hall–Kier alpha value is -2.70. The molecule has 0 fully saturated rings. The Morgan fingerprint density at radius 2 is 2.15 bits per heavy atom. The largest absolute Gasteiger partial charge is 0.384 e. The van der Waals surface area contributed by atoms with Crippen LogP contribution < -0.4 is 11.1 Å². The number of aromatic nitrogens is 5. The number of hydrogen-bond acceptors (Lipinski definition) is 6. The first-order chi connectivity index (χ1) is 9.69. The summed E-state index contributed by atoms with van der Waals surface area (Å²) in [5.41, 5.74) is 8.07. The summed E-state index contributed by atoms with van der Waals surface area (Å²) in [5, 5.41) is 7.56. The van der Waals surface area contributed by atoms with E-state index in [-0.39, 0.29) is 0 Å². The zero-order valence-electron chi connectivity index (χ0n) is 11.3. The number of nitrogen functional groups attached to an aromatic ring is 1. The zero-order chi connectivity index (χ0) is 14.1. The van der Waals surface area contributed by atoms with E-state index in [9.17, 15) is 0 Å². The number of nitrogens with zero attached hydrogens (tertiary/aromatic N) is 5. The van der Waals surface area contributed by atoms with Crippen LogP contribution in [0.15, 0.2) is 24.4 Å². The van der Waals surface area contributed by atoms with Crippen LogP contribution in [0.2, 0.25) is 0 Å². The van der Waals surface area contributed by atoms with Gasteiger partial charge in [-0.05, 0) is 26.0 Å². The molecule has 0 saturated heterocycles. The third-order valence-electron chi connectivity index (χ3n) is 2.84. The van der Waals surface area contributed by atoms with Crippen molar-refractivity contribution in [3.8, 4) is 11.4 Å². The summed E-state index contributed by atoms with van der Waals surface area (Å²) in [6.07, 6.45) is 1.71. The summed E-state index contributed by atoms with van der Waals surface area (Å²) in [4.78, 5) is 13.1. The first-order valence-electron chi connectivity index (χ1n) is 6.38. The summed E-state index contributed by atoms with van der Waals surface area (Å²) in [6.45, 7) is 4.58. The van der Waals surface area contributed by atoms with Crippen molar-refractivity contribution in [2.24, 2.45) is 0 Å². The van der Waals surface area contributed by atoms with Crippen molar-refractivity contribution in [3.63, 3.8) is 0 Å². The minimum absolute atomic E-state index is 0.431. The quantitative estimate of drug-likeness (QED) is 0.748. The minimum Gasteiger partial charge on any atom is -0.384 e. The molecule has 0 aliphatic heterocycles. The maximum Gasteiger partial charge on any atom is 0.156 e. The molecule has 0 spiro atoms. The van der Waals surface area contributed by atoms with Crippen LogP contribution in [0.25, 0.3) is 17.0 Å². The number of imidazole rings is 1. The predicted molar refractivity (Wildman–Crippen MR) is 77.3 cm³/mol. The molecule has 0 amide bonds. The fourth-order valence-corrected chi connectivity index (χ4v) is 2.12. The molecule has 3 aromatic heterocycles. The van der Waals surface area contributed by atoms with Crippen molar-refractivity contribution in [1.82, 2.24) is 24.6 Å². The van der Waals surface area contributed by atoms with Crippen molar-refractivity contribution in [2.75, 3.05) is 17.6 Å². The molecule has 0 aromatic carbocycles. The Labute approximate surface area is 115 Å². The third kappa shape index (κ3) is 2.03. The molecule has 102 valence electrons. The molecule has 3 aromatic rings.